The van der Waals surface area contributed by atoms with E-state index < -0.39 is 5.97 Å². The van der Waals surface area contributed by atoms with E-state index in [-0.39, 0.29) is 11.5 Å². The Bertz CT molecular complexity index is 912. The van der Waals surface area contributed by atoms with E-state index >= 15 is 0 Å². The summed E-state index contributed by atoms with van der Waals surface area (Å²) in [5.41, 5.74) is 4.36. The average Bonchev–Trinajstić information content (AvgIpc) is 3.37. The third kappa shape index (κ3) is 5.53. The summed E-state index contributed by atoms with van der Waals surface area (Å²) < 4.78 is 0. The van der Waals surface area contributed by atoms with Crippen LogP contribution in [0.3, 0.4) is 0 Å². The van der Waals surface area contributed by atoms with E-state index in [1.807, 2.05) is 65.1 Å². The minimum absolute atomic E-state index is 0.131. The van der Waals surface area contributed by atoms with Gasteiger partial charge in [-0.05, 0) is 42.0 Å². The molecular weight excluding hydrogens is 390 g/mol. The fourth-order valence-electron chi connectivity index (χ4n) is 2.35. The van der Waals surface area contributed by atoms with Crippen LogP contribution in [0.4, 0.5) is 5.00 Å². The van der Waals surface area contributed by atoms with Crippen LogP contribution in [0.5, 0.6) is 0 Å². The molecule has 1 aromatic carbocycles. The van der Waals surface area contributed by atoms with Crippen LogP contribution in [0.2, 0.25) is 0 Å². The van der Waals surface area contributed by atoms with E-state index in [4.69, 9.17) is 0 Å². The highest BCUT2D eigenvalue weighted by atomic mass is 32.1. The van der Waals surface area contributed by atoms with Crippen molar-refractivity contribution in [1.82, 2.24) is 0 Å². The van der Waals surface area contributed by atoms with Crippen molar-refractivity contribution in [1.29, 1.82) is 0 Å². The number of carboxylic acids is 1. The van der Waals surface area contributed by atoms with E-state index in [0.29, 0.717) is 16.1 Å². The summed E-state index contributed by atoms with van der Waals surface area (Å²) in [6, 6.07) is 7.55. The second kappa shape index (κ2) is 11.4. The number of hydrogen-bond donors (Lipinski definition) is 2. The maximum Gasteiger partial charge on any atom is 0.339 e. The molecule has 0 bridgehead atoms. The minimum atomic E-state index is -1.05. The lowest BCUT2D eigenvalue weighted by atomic mass is 9.99. The SMILES string of the molecule is CC.CC.Cc1ccc(-c2csc(NC(=O)c3ccsc3)c2C(=O)O)cc1C. The Balaban J connectivity index is 0.000000921. The smallest absolute Gasteiger partial charge is 0.339 e. The molecule has 0 atom stereocenters. The maximum absolute atomic E-state index is 12.2. The fourth-order valence-corrected chi connectivity index (χ4v) is 3.94. The van der Waals surface area contributed by atoms with Gasteiger partial charge in [0.25, 0.3) is 5.91 Å². The van der Waals surface area contributed by atoms with Crippen LogP contribution in [0.1, 0.15) is 59.5 Å². The Morgan fingerprint density at radius 1 is 0.964 bits per heavy atom. The summed E-state index contributed by atoms with van der Waals surface area (Å²) in [4.78, 5) is 24.0. The first-order chi connectivity index (χ1) is 13.5. The number of benzene rings is 1. The third-order valence-electron chi connectivity index (χ3n) is 3.83. The number of carboxylic acid groups (broad SMARTS) is 1. The fraction of sp³-hybridized carbons (Fsp3) is 0.273. The zero-order valence-corrected chi connectivity index (χ0v) is 18.8. The molecule has 0 unspecified atom stereocenters. The number of nitrogens with one attached hydrogen (secondary N) is 1. The quantitative estimate of drug-likeness (QED) is 0.476. The summed E-state index contributed by atoms with van der Waals surface area (Å²) >= 11 is 2.65. The van der Waals surface area contributed by atoms with Gasteiger partial charge < -0.3 is 10.4 Å². The lowest BCUT2D eigenvalue weighted by Crippen LogP contribution is -2.12. The van der Waals surface area contributed by atoms with Gasteiger partial charge in [-0.2, -0.15) is 11.3 Å². The van der Waals surface area contributed by atoms with Gasteiger partial charge in [-0.15, -0.1) is 11.3 Å². The molecule has 2 heterocycles. The van der Waals surface area contributed by atoms with Crippen molar-refractivity contribution in [3.8, 4) is 11.1 Å². The molecule has 0 radical (unpaired) electrons. The maximum atomic E-state index is 12.2. The van der Waals surface area contributed by atoms with Gasteiger partial charge in [0.15, 0.2) is 0 Å². The first-order valence-corrected chi connectivity index (χ1v) is 11.1. The highest BCUT2D eigenvalue weighted by Gasteiger charge is 2.21. The van der Waals surface area contributed by atoms with E-state index in [9.17, 15) is 14.7 Å². The monoisotopic (exact) mass is 417 g/mol. The van der Waals surface area contributed by atoms with Crippen LogP contribution in [0, 0.1) is 13.8 Å². The van der Waals surface area contributed by atoms with Crippen molar-refractivity contribution in [3.63, 3.8) is 0 Å². The molecule has 150 valence electrons. The predicted molar refractivity (Wildman–Crippen MR) is 121 cm³/mol. The van der Waals surface area contributed by atoms with Gasteiger partial charge >= 0.3 is 5.97 Å². The Morgan fingerprint density at radius 2 is 1.64 bits per heavy atom. The molecule has 1 amide bonds. The Hall–Kier alpha value is -2.44. The molecular formula is C22H27NO3S2. The molecule has 2 aromatic heterocycles. The van der Waals surface area contributed by atoms with E-state index in [0.717, 1.165) is 16.7 Å². The minimum Gasteiger partial charge on any atom is -0.478 e. The van der Waals surface area contributed by atoms with Crippen molar-refractivity contribution in [2.45, 2.75) is 41.5 Å². The molecule has 0 aliphatic rings. The van der Waals surface area contributed by atoms with Crippen LogP contribution in [-0.2, 0) is 0 Å². The van der Waals surface area contributed by atoms with Gasteiger partial charge in [-0.1, -0.05) is 45.9 Å². The molecule has 0 spiro atoms. The van der Waals surface area contributed by atoms with Crippen molar-refractivity contribution in [2.75, 3.05) is 5.32 Å². The number of carbonyl (C=O) groups excluding carboxylic acids is 1. The molecule has 4 nitrogen and oxygen atoms in total. The average molecular weight is 418 g/mol. The Labute approximate surface area is 174 Å². The Kier molecular flexibility index (Phi) is 9.62. The second-order valence-electron chi connectivity index (χ2n) is 5.42. The molecule has 6 heteroatoms. The van der Waals surface area contributed by atoms with E-state index in [2.05, 4.69) is 5.32 Å². The molecule has 28 heavy (non-hydrogen) atoms. The second-order valence-corrected chi connectivity index (χ2v) is 7.08. The van der Waals surface area contributed by atoms with Gasteiger partial charge in [0, 0.05) is 16.3 Å². The standard InChI is InChI=1S/C18H15NO3S2.2C2H6/c1-10-3-4-12(7-11(10)2)14-9-24-17(15(14)18(21)22)19-16(20)13-5-6-23-8-13;2*1-2/h3-9H,1-2H3,(H,19,20)(H,21,22);2*1-2H3. The molecule has 0 aliphatic heterocycles. The van der Waals surface area contributed by atoms with Crippen LogP contribution in [0.15, 0.2) is 40.4 Å². The number of aryl methyl sites for hydroxylation is 2. The molecule has 0 saturated carbocycles. The summed E-state index contributed by atoms with van der Waals surface area (Å²) in [5, 5.41) is 18.0. The number of thiophene rings is 2. The number of carbonyl (C=O) groups is 2. The van der Waals surface area contributed by atoms with Crippen LogP contribution in [-0.4, -0.2) is 17.0 Å². The number of hydrogen-bond acceptors (Lipinski definition) is 4. The molecule has 3 aromatic rings. The number of anilines is 1. The largest absolute Gasteiger partial charge is 0.478 e. The van der Waals surface area contributed by atoms with Crippen LogP contribution < -0.4 is 5.32 Å². The zero-order valence-electron chi connectivity index (χ0n) is 17.1. The van der Waals surface area contributed by atoms with Gasteiger partial charge in [0.1, 0.15) is 10.6 Å². The highest BCUT2D eigenvalue weighted by Crippen LogP contribution is 2.36. The summed E-state index contributed by atoms with van der Waals surface area (Å²) in [7, 11) is 0. The summed E-state index contributed by atoms with van der Waals surface area (Å²) in [5.74, 6) is -1.35. The van der Waals surface area contributed by atoms with Gasteiger partial charge in [-0.3, -0.25) is 4.79 Å². The van der Waals surface area contributed by atoms with E-state index in [1.54, 1.807) is 16.8 Å². The predicted octanol–water partition coefficient (Wildman–Crippen LogP) is 7.10. The molecule has 0 saturated heterocycles. The normalized spacial score (nSPS) is 9.50. The van der Waals surface area contributed by atoms with Crippen molar-refractivity contribution in [3.05, 3.63) is 62.7 Å². The Morgan fingerprint density at radius 3 is 2.18 bits per heavy atom. The van der Waals surface area contributed by atoms with Crippen molar-refractivity contribution < 1.29 is 14.7 Å². The number of rotatable bonds is 4. The van der Waals surface area contributed by atoms with Crippen molar-refractivity contribution in [2.24, 2.45) is 0 Å². The highest BCUT2D eigenvalue weighted by molar-refractivity contribution is 7.15. The van der Waals surface area contributed by atoms with Gasteiger partial charge in [0.05, 0.1) is 5.56 Å². The lowest BCUT2D eigenvalue weighted by Gasteiger charge is -2.07. The summed E-state index contributed by atoms with van der Waals surface area (Å²) in [6.45, 7) is 12.0. The first-order valence-electron chi connectivity index (χ1n) is 9.23. The van der Waals surface area contributed by atoms with Gasteiger partial charge in [-0.25, -0.2) is 4.79 Å². The molecule has 2 N–H and O–H groups in total. The number of amides is 1. The third-order valence-corrected chi connectivity index (χ3v) is 5.41. The topological polar surface area (TPSA) is 66.4 Å². The van der Waals surface area contributed by atoms with E-state index in [1.165, 1.54) is 22.7 Å². The van der Waals surface area contributed by atoms with Crippen LogP contribution in [0.25, 0.3) is 11.1 Å². The zero-order chi connectivity index (χ0) is 21.3. The molecule has 3 rings (SSSR count). The van der Waals surface area contributed by atoms with Gasteiger partial charge in [0.2, 0.25) is 0 Å². The molecule has 0 aliphatic carbocycles. The summed E-state index contributed by atoms with van der Waals surface area (Å²) in [6.07, 6.45) is 0. The molecule has 0 fully saturated rings. The first kappa shape index (κ1) is 23.6. The van der Waals surface area contributed by atoms with Crippen LogP contribution >= 0.6 is 22.7 Å². The lowest BCUT2D eigenvalue weighted by molar-refractivity contribution is 0.0699. The number of aromatic carboxylic acids is 1. The van der Waals surface area contributed by atoms with Crippen molar-refractivity contribution >= 4 is 39.6 Å².